The van der Waals surface area contributed by atoms with Gasteiger partial charge in [-0.3, -0.25) is 0 Å². The molecule has 1 aromatic carbocycles. The minimum Gasteiger partial charge on any atom is -0.308 e. The van der Waals surface area contributed by atoms with E-state index in [2.05, 4.69) is 0 Å². The molecule has 18 heavy (non-hydrogen) atoms. The Kier molecular flexibility index (Phi) is 5.25. The fraction of sp³-hybridized carbons (Fsp3) is 0.500. The highest BCUT2D eigenvalue weighted by atomic mass is 32.2. The van der Waals surface area contributed by atoms with Crippen LogP contribution in [0.25, 0.3) is 0 Å². The Morgan fingerprint density at radius 1 is 1.06 bits per heavy atom. The van der Waals surface area contributed by atoms with Crippen molar-refractivity contribution in [3.05, 3.63) is 35.6 Å². The molecule has 0 fully saturated rings. The van der Waals surface area contributed by atoms with Crippen LogP contribution in [0.2, 0.25) is 0 Å². The van der Waals surface area contributed by atoms with Gasteiger partial charge in [-0.2, -0.15) is 0 Å². The Morgan fingerprint density at radius 2 is 1.61 bits per heavy atom. The Bertz CT molecular complexity index is 471. The van der Waals surface area contributed by atoms with Crippen molar-refractivity contribution >= 4 is 10.0 Å². The number of likely N-dealkylation sites (N-methyl/N-ethyl adjacent to an activating group) is 2. The third kappa shape index (κ3) is 4.72. The molecule has 0 aliphatic heterocycles. The lowest BCUT2D eigenvalue weighted by molar-refractivity contribution is 0.358. The third-order valence-electron chi connectivity index (χ3n) is 2.60. The lowest BCUT2D eigenvalue weighted by Crippen LogP contribution is -2.34. The van der Waals surface area contributed by atoms with Gasteiger partial charge in [0.25, 0.3) is 0 Å². The summed E-state index contributed by atoms with van der Waals surface area (Å²) in [6, 6.07) is 5.52. The molecule has 0 amide bonds. The molecule has 0 bridgehead atoms. The molecule has 0 heterocycles. The van der Waals surface area contributed by atoms with Crippen molar-refractivity contribution in [2.24, 2.45) is 0 Å². The summed E-state index contributed by atoms with van der Waals surface area (Å²) in [5, 5.41) is 0. The van der Waals surface area contributed by atoms with Gasteiger partial charge in [0.1, 0.15) is 5.82 Å². The van der Waals surface area contributed by atoms with E-state index in [9.17, 15) is 12.8 Å². The van der Waals surface area contributed by atoms with Gasteiger partial charge in [0.2, 0.25) is 10.0 Å². The fourth-order valence-electron chi connectivity index (χ4n) is 1.38. The maximum Gasteiger partial charge on any atom is 0.218 e. The van der Waals surface area contributed by atoms with E-state index in [1.54, 1.807) is 7.05 Å². The Hall–Kier alpha value is -0.980. The first-order chi connectivity index (χ1) is 8.31. The van der Waals surface area contributed by atoms with Crippen LogP contribution in [0.5, 0.6) is 0 Å². The van der Waals surface area contributed by atoms with Crippen LogP contribution >= 0.6 is 0 Å². The molecule has 0 aliphatic carbocycles. The molecular formula is C12H19FN2O2S. The van der Waals surface area contributed by atoms with Gasteiger partial charge in [0.05, 0.1) is 5.75 Å². The van der Waals surface area contributed by atoms with Crippen LogP contribution < -0.4 is 0 Å². The second-order valence-electron chi connectivity index (χ2n) is 4.51. The first kappa shape index (κ1) is 15.1. The van der Waals surface area contributed by atoms with Gasteiger partial charge >= 0.3 is 0 Å². The molecule has 4 nitrogen and oxygen atoms in total. The first-order valence-electron chi connectivity index (χ1n) is 5.64. The van der Waals surface area contributed by atoms with Crippen LogP contribution in [0, 0.1) is 5.82 Å². The zero-order chi connectivity index (χ0) is 13.8. The van der Waals surface area contributed by atoms with Crippen molar-refractivity contribution in [3.8, 4) is 0 Å². The van der Waals surface area contributed by atoms with E-state index in [4.69, 9.17) is 0 Å². The highest BCUT2D eigenvalue weighted by molar-refractivity contribution is 7.88. The van der Waals surface area contributed by atoms with Crippen molar-refractivity contribution < 1.29 is 12.8 Å². The summed E-state index contributed by atoms with van der Waals surface area (Å²) in [6.45, 7) is 1.11. The SMILES string of the molecule is CN(C)CCN(C)S(=O)(=O)Cc1ccc(F)cc1. The molecule has 0 spiro atoms. The molecule has 0 unspecified atom stereocenters. The van der Waals surface area contributed by atoms with Crippen molar-refractivity contribution in [2.75, 3.05) is 34.2 Å². The van der Waals surface area contributed by atoms with Crippen molar-refractivity contribution in [1.82, 2.24) is 9.21 Å². The molecular weight excluding hydrogens is 255 g/mol. The van der Waals surface area contributed by atoms with E-state index in [1.165, 1.54) is 28.6 Å². The van der Waals surface area contributed by atoms with Crippen LogP contribution in [0.15, 0.2) is 24.3 Å². The lowest BCUT2D eigenvalue weighted by atomic mass is 10.2. The van der Waals surface area contributed by atoms with Crippen molar-refractivity contribution in [3.63, 3.8) is 0 Å². The molecule has 6 heteroatoms. The summed E-state index contributed by atoms with van der Waals surface area (Å²) in [4.78, 5) is 1.92. The summed E-state index contributed by atoms with van der Waals surface area (Å²) in [5.74, 6) is -0.464. The van der Waals surface area contributed by atoms with Crippen molar-refractivity contribution in [1.29, 1.82) is 0 Å². The first-order valence-corrected chi connectivity index (χ1v) is 7.25. The number of rotatable bonds is 6. The highest BCUT2D eigenvalue weighted by Crippen LogP contribution is 2.10. The van der Waals surface area contributed by atoms with Gasteiger partial charge in [-0.25, -0.2) is 17.1 Å². The zero-order valence-electron chi connectivity index (χ0n) is 10.9. The summed E-state index contributed by atoms with van der Waals surface area (Å²) in [5.41, 5.74) is 0.591. The molecule has 1 rings (SSSR count). The molecule has 0 aromatic heterocycles. The van der Waals surface area contributed by atoms with Crippen molar-refractivity contribution in [2.45, 2.75) is 5.75 Å². The van der Waals surface area contributed by atoms with Crippen LogP contribution in [-0.4, -0.2) is 51.9 Å². The summed E-state index contributed by atoms with van der Waals surface area (Å²) in [6.07, 6.45) is 0. The lowest BCUT2D eigenvalue weighted by Gasteiger charge is -2.19. The Balaban J connectivity index is 2.66. The molecule has 1 aromatic rings. The van der Waals surface area contributed by atoms with Gasteiger partial charge in [0.15, 0.2) is 0 Å². The molecule has 0 aliphatic rings. The summed E-state index contributed by atoms with van der Waals surface area (Å²) in [7, 11) is 2.00. The van der Waals surface area contributed by atoms with E-state index >= 15 is 0 Å². The maximum atomic E-state index is 12.7. The minimum absolute atomic E-state index is 0.1000. The predicted octanol–water partition coefficient (Wildman–Crippen LogP) is 1.15. The van der Waals surface area contributed by atoms with E-state index in [-0.39, 0.29) is 11.6 Å². The number of benzene rings is 1. The average Bonchev–Trinajstić information content (AvgIpc) is 2.28. The maximum absolute atomic E-state index is 12.7. The molecule has 0 saturated carbocycles. The molecule has 0 radical (unpaired) electrons. The van der Waals surface area contributed by atoms with E-state index in [0.29, 0.717) is 18.7 Å². The van der Waals surface area contributed by atoms with E-state index < -0.39 is 10.0 Å². The topological polar surface area (TPSA) is 40.6 Å². The Morgan fingerprint density at radius 3 is 2.11 bits per heavy atom. The molecule has 0 N–H and O–H groups in total. The Labute approximate surface area is 108 Å². The largest absolute Gasteiger partial charge is 0.308 e. The zero-order valence-corrected chi connectivity index (χ0v) is 11.7. The molecule has 102 valence electrons. The van der Waals surface area contributed by atoms with Crippen LogP contribution in [0.4, 0.5) is 4.39 Å². The molecule has 0 atom stereocenters. The standard InChI is InChI=1S/C12H19FN2O2S/c1-14(2)8-9-15(3)18(16,17)10-11-4-6-12(13)7-5-11/h4-7H,8-10H2,1-3H3. The number of sulfonamides is 1. The predicted molar refractivity (Wildman–Crippen MR) is 70.2 cm³/mol. The smallest absolute Gasteiger partial charge is 0.218 e. The van der Waals surface area contributed by atoms with E-state index in [1.807, 2.05) is 19.0 Å². The van der Waals surface area contributed by atoms with Crippen LogP contribution in [0.3, 0.4) is 0 Å². The summed E-state index contributed by atoms with van der Waals surface area (Å²) >= 11 is 0. The van der Waals surface area contributed by atoms with Gasteiger partial charge in [-0.15, -0.1) is 0 Å². The van der Waals surface area contributed by atoms with Gasteiger partial charge < -0.3 is 4.90 Å². The highest BCUT2D eigenvalue weighted by Gasteiger charge is 2.18. The second kappa shape index (κ2) is 6.26. The average molecular weight is 274 g/mol. The summed E-state index contributed by atoms with van der Waals surface area (Å²) < 4.78 is 38.1. The number of nitrogens with zero attached hydrogens (tertiary/aromatic N) is 2. The monoisotopic (exact) mass is 274 g/mol. The van der Waals surface area contributed by atoms with Gasteiger partial charge in [-0.05, 0) is 31.8 Å². The fourth-order valence-corrected chi connectivity index (χ4v) is 2.58. The molecule has 0 saturated heterocycles. The number of hydrogen-bond acceptors (Lipinski definition) is 3. The van der Waals surface area contributed by atoms with Crippen LogP contribution in [0.1, 0.15) is 5.56 Å². The normalized spacial score (nSPS) is 12.3. The second-order valence-corrected chi connectivity index (χ2v) is 6.58. The number of hydrogen-bond donors (Lipinski definition) is 0. The number of halogens is 1. The van der Waals surface area contributed by atoms with E-state index in [0.717, 1.165) is 0 Å². The quantitative estimate of drug-likeness (QED) is 0.781. The van der Waals surface area contributed by atoms with Gasteiger partial charge in [-0.1, -0.05) is 12.1 Å². The van der Waals surface area contributed by atoms with Gasteiger partial charge in [0, 0.05) is 20.1 Å². The third-order valence-corrected chi connectivity index (χ3v) is 4.43. The van der Waals surface area contributed by atoms with Crippen LogP contribution in [-0.2, 0) is 15.8 Å². The minimum atomic E-state index is -3.34.